The number of ether oxygens (including phenoxy) is 1. The Morgan fingerprint density at radius 3 is 2.89 bits per heavy atom. The van der Waals surface area contributed by atoms with Gasteiger partial charge < -0.3 is 9.64 Å². The molecule has 140 valence electrons. The molecule has 7 heteroatoms. The Morgan fingerprint density at radius 2 is 2.07 bits per heavy atom. The summed E-state index contributed by atoms with van der Waals surface area (Å²) in [5.74, 6) is 1.61. The molecule has 1 fully saturated rings. The number of fused-ring (bicyclic) bond motifs is 1. The van der Waals surface area contributed by atoms with Crippen LogP contribution in [0.5, 0.6) is 0 Å². The molecule has 2 aromatic heterocycles. The molecule has 0 amide bonds. The normalized spacial score (nSPS) is 17.0. The van der Waals surface area contributed by atoms with Crippen molar-refractivity contribution in [1.82, 2.24) is 19.5 Å². The number of hydrogen-bond acceptors (Lipinski definition) is 6. The first-order valence-corrected chi connectivity index (χ1v) is 9.22. The highest BCUT2D eigenvalue weighted by atomic mass is 16.5. The summed E-state index contributed by atoms with van der Waals surface area (Å²) in [4.78, 5) is 29.1. The molecule has 1 aromatic carbocycles. The maximum atomic E-state index is 13.1. The van der Waals surface area contributed by atoms with Crippen LogP contribution in [0.2, 0.25) is 0 Å². The van der Waals surface area contributed by atoms with Gasteiger partial charge in [-0.3, -0.25) is 14.3 Å². The third kappa shape index (κ3) is 3.30. The highest BCUT2D eigenvalue weighted by Crippen LogP contribution is 2.34. The SMILES string of the molecule is COCCn1c(C2CCCN2c2cncc(C)n2)nc2ccccc2c1=O. The quantitative estimate of drug-likeness (QED) is 0.692. The Hall–Kier alpha value is -2.80. The van der Waals surface area contributed by atoms with Gasteiger partial charge in [-0.25, -0.2) is 9.97 Å². The van der Waals surface area contributed by atoms with Crippen LogP contribution in [0.25, 0.3) is 10.9 Å². The van der Waals surface area contributed by atoms with Crippen molar-refractivity contribution in [1.29, 1.82) is 0 Å². The molecule has 0 aliphatic carbocycles. The molecule has 27 heavy (non-hydrogen) atoms. The van der Waals surface area contributed by atoms with Crippen LogP contribution < -0.4 is 10.5 Å². The molecular weight excluding hydrogens is 342 g/mol. The Bertz CT molecular complexity index is 1020. The predicted molar refractivity (Wildman–Crippen MR) is 104 cm³/mol. The van der Waals surface area contributed by atoms with Crippen molar-refractivity contribution >= 4 is 16.7 Å². The minimum Gasteiger partial charge on any atom is -0.383 e. The standard InChI is InChI=1S/C20H23N5O2/c1-14-12-21-13-18(22-14)24-9-5-8-17(24)19-23-16-7-4-3-6-15(16)20(26)25(19)10-11-27-2/h3-4,6-7,12-13,17H,5,8-11H2,1-2H3. The molecule has 0 spiro atoms. The molecule has 1 saturated heterocycles. The zero-order valence-corrected chi connectivity index (χ0v) is 15.6. The number of aryl methyl sites for hydroxylation is 1. The van der Waals surface area contributed by atoms with E-state index in [4.69, 9.17) is 9.72 Å². The van der Waals surface area contributed by atoms with Crippen molar-refractivity contribution in [2.75, 3.05) is 25.2 Å². The second-order valence-electron chi connectivity index (χ2n) is 6.81. The number of para-hydroxylation sites is 1. The van der Waals surface area contributed by atoms with E-state index in [-0.39, 0.29) is 11.6 Å². The predicted octanol–water partition coefficient (Wildman–Crippen LogP) is 2.48. The largest absolute Gasteiger partial charge is 0.383 e. The van der Waals surface area contributed by atoms with E-state index in [0.717, 1.165) is 42.2 Å². The van der Waals surface area contributed by atoms with Crippen LogP contribution in [0.1, 0.15) is 30.4 Å². The Labute approximate surface area is 157 Å². The Morgan fingerprint density at radius 1 is 1.22 bits per heavy atom. The lowest BCUT2D eigenvalue weighted by molar-refractivity contribution is 0.184. The van der Waals surface area contributed by atoms with Crippen molar-refractivity contribution < 1.29 is 4.74 Å². The summed E-state index contributed by atoms with van der Waals surface area (Å²) < 4.78 is 7.00. The number of methoxy groups -OCH3 is 1. The first-order chi connectivity index (χ1) is 13.2. The van der Waals surface area contributed by atoms with Gasteiger partial charge in [0.15, 0.2) is 0 Å². The monoisotopic (exact) mass is 365 g/mol. The molecule has 0 N–H and O–H groups in total. The third-order valence-corrected chi connectivity index (χ3v) is 5.00. The highest BCUT2D eigenvalue weighted by Gasteiger charge is 2.31. The van der Waals surface area contributed by atoms with Crippen molar-refractivity contribution in [3.63, 3.8) is 0 Å². The molecule has 0 radical (unpaired) electrons. The van der Waals surface area contributed by atoms with Crippen molar-refractivity contribution in [2.24, 2.45) is 0 Å². The number of nitrogens with zero attached hydrogens (tertiary/aromatic N) is 5. The van der Waals surface area contributed by atoms with E-state index in [0.29, 0.717) is 18.5 Å². The zero-order chi connectivity index (χ0) is 18.8. The topological polar surface area (TPSA) is 73.1 Å². The molecular formula is C20H23N5O2. The summed E-state index contributed by atoms with van der Waals surface area (Å²) in [5.41, 5.74) is 1.59. The van der Waals surface area contributed by atoms with Gasteiger partial charge in [0, 0.05) is 19.9 Å². The number of rotatable bonds is 5. The summed E-state index contributed by atoms with van der Waals surface area (Å²) in [7, 11) is 1.64. The average Bonchev–Trinajstić information content (AvgIpc) is 3.17. The smallest absolute Gasteiger partial charge is 0.261 e. The van der Waals surface area contributed by atoms with Crippen LogP contribution in [0, 0.1) is 6.92 Å². The van der Waals surface area contributed by atoms with Crippen LogP contribution in [0.3, 0.4) is 0 Å². The van der Waals surface area contributed by atoms with Gasteiger partial charge in [0.1, 0.15) is 11.6 Å². The zero-order valence-electron chi connectivity index (χ0n) is 15.6. The van der Waals surface area contributed by atoms with E-state index >= 15 is 0 Å². The third-order valence-electron chi connectivity index (χ3n) is 5.00. The lowest BCUT2D eigenvalue weighted by Crippen LogP contribution is -2.33. The van der Waals surface area contributed by atoms with Crippen molar-refractivity contribution in [2.45, 2.75) is 32.4 Å². The van der Waals surface area contributed by atoms with Gasteiger partial charge in [-0.2, -0.15) is 0 Å². The minimum atomic E-state index is -0.0187. The highest BCUT2D eigenvalue weighted by molar-refractivity contribution is 5.77. The second-order valence-corrected chi connectivity index (χ2v) is 6.81. The second kappa shape index (κ2) is 7.44. The van der Waals surface area contributed by atoms with E-state index in [2.05, 4.69) is 14.9 Å². The van der Waals surface area contributed by atoms with E-state index in [1.807, 2.05) is 31.2 Å². The van der Waals surface area contributed by atoms with Crippen molar-refractivity contribution in [3.05, 3.63) is 58.5 Å². The van der Waals surface area contributed by atoms with Gasteiger partial charge in [0.2, 0.25) is 0 Å². The number of hydrogen-bond donors (Lipinski definition) is 0. The van der Waals surface area contributed by atoms with Crippen LogP contribution in [-0.4, -0.2) is 39.8 Å². The maximum Gasteiger partial charge on any atom is 0.261 e. The fraction of sp³-hybridized carbons (Fsp3) is 0.400. The van der Waals surface area contributed by atoms with E-state index in [1.165, 1.54) is 0 Å². The lowest BCUT2D eigenvalue weighted by Gasteiger charge is -2.27. The first-order valence-electron chi connectivity index (χ1n) is 9.22. The number of benzene rings is 1. The summed E-state index contributed by atoms with van der Waals surface area (Å²) in [6.07, 6.45) is 5.47. The molecule has 1 unspecified atom stereocenters. The Balaban J connectivity index is 1.84. The molecule has 0 bridgehead atoms. The number of anilines is 1. The number of aromatic nitrogens is 4. The van der Waals surface area contributed by atoms with Crippen LogP contribution in [-0.2, 0) is 11.3 Å². The van der Waals surface area contributed by atoms with Gasteiger partial charge in [-0.1, -0.05) is 12.1 Å². The summed E-state index contributed by atoms with van der Waals surface area (Å²) in [6, 6.07) is 7.50. The van der Waals surface area contributed by atoms with Crippen LogP contribution >= 0.6 is 0 Å². The van der Waals surface area contributed by atoms with Gasteiger partial charge in [-0.05, 0) is 31.9 Å². The lowest BCUT2D eigenvalue weighted by atomic mass is 10.1. The van der Waals surface area contributed by atoms with Gasteiger partial charge in [0.05, 0.1) is 42.0 Å². The first kappa shape index (κ1) is 17.6. The van der Waals surface area contributed by atoms with Crippen LogP contribution in [0.15, 0.2) is 41.5 Å². The van der Waals surface area contributed by atoms with E-state index in [9.17, 15) is 4.79 Å². The average molecular weight is 365 g/mol. The minimum absolute atomic E-state index is 0.00439. The molecule has 1 aliphatic heterocycles. The van der Waals surface area contributed by atoms with Gasteiger partial charge in [0.25, 0.3) is 5.56 Å². The fourth-order valence-electron chi connectivity index (χ4n) is 3.74. The summed E-state index contributed by atoms with van der Waals surface area (Å²) in [5, 5.41) is 0.636. The van der Waals surface area contributed by atoms with Gasteiger partial charge >= 0.3 is 0 Å². The van der Waals surface area contributed by atoms with Gasteiger partial charge in [-0.15, -0.1) is 0 Å². The van der Waals surface area contributed by atoms with Crippen LogP contribution in [0.4, 0.5) is 5.82 Å². The molecule has 1 aliphatic rings. The molecule has 1 atom stereocenters. The van der Waals surface area contributed by atoms with Crippen molar-refractivity contribution in [3.8, 4) is 0 Å². The molecule has 7 nitrogen and oxygen atoms in total. The molecule has 3 aromatic rings. The summed E-state index contributed by atoms with van der Waals surface area (Å²) >= 11 is 0. The fourth-order valence-corrected chi connectivity index (χ4v) is 3.74. The molecule has 0 saturated carbocycles. The maximum absolute atomic E-state index is 13.1. The van der Waals surface area contributed by atoms with E-state index < -0.39 is 0 Å². The van der Waals surface area contributed by atoms with E-state index in [1.54, 1.807) is 24.1 Å². The molecule has 4 rings (SSSR count). The molecule has 3 heterocycles. The summed E-state index contributed by atoms with van der Waals surface area (Å²) in [6.45, 7) is 3.75. The Kier molecular flexibility index (Phi) is 4.85.